The molecular weight excluding hydrogens is 191 g/mol. The molecule has 1 aliphatic carbocycles. The minimum atomic E-state index is -0.368. The summed E-state index contributed by atoms with van der Waals surface area (Å²) in [7, 11) is 0. The summed E-state index contributed by atoms with van der Waals surface area (Å²) in [6.07, 6.45) is 9.89. The summed E-state index contributed by atoms with van der Waals surface area (Å²) in [5.41, 5.74) is 2.93. The van der Waals surface area contributed by atoms with Crippen LogP contribution in [0.5, 0.6) is 0 Å². The van der Waals surface area contributed by atoms with Gasteiger partial charge in [-0.05, 0) is 6.07 Å². The molecule has 0 N–H and O–H groups in total. The van der Waals surface area contributed by atoms with Gasteiger partial charge in [-0.1, -0.05) is 12.0 Å². The predicted molar refractivity (Wildman–Crippen MR) is 56.5 cm³/mol. The largest absolute Gasteiger partial charge is 0.303 e. The maximum absolute atomic E-state index is 13.5. The molecule has 15 heavy (non-hydrogen) atoms. The molecule has 2 nitrogen and oxygen atoms in total. The first-order chi connectivity index (χ1) is 7.29. The molecule has 0 atom stereocenters. The van der Waals surface area contributed by atoms with Crippen molar-refractivity contribution in [2.75, 3.05) is 0 Å². The van der Waals surface area contributed by atoms with Crippen molar-refractivity contribution in [2.24, 2.45) is 0 Å². The molecule has 0 amide bonds. The Kier molecular flexibility index (Phi) is 1.49. The molecule has 1 aromatic carbocycles. The van der Waals surface area contributed by atoms with Crippen molar-refractivity contribution in [3.05, 3.63) is 35.9 Å². The van der Waals surface area contributed by atoms with E-state index in [9.17, 15) is 4.39 Å². The number of allylic oxidation sites excluding steroid dienone is 2. The Bertz CT molecular complexity index is 629. The number of fused-ring (bicyclic) bond motifs is 1. The van der Waals surface area contributed by atoms with E-state index < -0.39 is 0 Å². The maximum Gasteiger partial charge on any atom is 0.141 e. The summed E-state index contributed by atoms with van der Waals surface area (Å²) in [6, 6.07) is 3.04. The van der Waals surface area contributed by atoms with Crippen molar-refractivity contribution in [1.82, 2.24) is 9.55 Å². The highest BCUT2D eigenvalue weighted by molar-refractivity contribution is 5.83. The molecule has 0 bridgehead atoms. The lowest BCUT2D eigenvalue weighted by Gasteiger charge is -1.99. The highest BCUT2D eigenvalue weighted by atomic mass is 19.1. The van der Waals surface area contributed by atoms with E-state index in [0.717, 1.165) is 23.2 Å². The van der Waals surface area contributed by atoms with Crippen molar-refractivity contribution in [1.29, 1.82) is 0 Å². The van der Waals surface area contributed by atoms with Crippen LogP contribution in [0.15, 0.2) is 24.5 Å². The third-order valence-corrected chi connectivity index (χ3v) is 2.49. The summed E-state index contributed by atoms with van der Waals surface area (Å²) in [5.74, 6) is 1.94. The van der Waals surface area contributed by atoms with Crippen molar-refractivity contribution < 1.29 is 4.39 Å². The van der Waals surface area contributed by atoms with Crippen LogP contribution in [0.1, 0.15) is 12.0 Å². The normalized spacial score (nSPS) is 13.7. The quantitative estimate of drug-likeness (QED) is 0.643. The minimum absolute atomic E-state index is 0.262. The average molecular weight is 198 g/mol. The van der Waals surface area contributed by atoms with Gasteiger partial charge < -0.3 is 4.57 Å². The van der Waals surface area contributed by atoms with E-state index in [4.69, 9.17) is 6.42 Å². The lowest BCUT2D eigenvalue weighted by atomic mass is 10.2. The molecule has 3 heteroatoms. The zero-order valence-electron chi connectivity index (χ0n) is 7.87. The monoisotopic (exact) mass is 198 g/mol. The first-order valence-corrected chi connectivity index (χ1v) is 4.62. The number of nitrogens with zero attached hydrogens (tertiary/aromatic N) is 2. The summed E-state index contributed by atoms with van der Waals surface area (Å²) >= 11 is 0. The standard InChI is InChI=1S/C12H7FN2/c1-2-8-5-11-12(6-10(8)13)15(7-14-11)9-3-4-9/h1,3,5-7H,4H2. The Morgan fingerprint density at radius 1 is 1.47 bits per heavy atom. The van der Waals surface area contributed by atoms with Crippen LogP contribution < -0.4 is 0 Å². The minimum Gasteiger partial charge on any atom is -0.303 e. The molecule has 0 fully saturated rings. The van der Waals surface area contributed by atoms with Gasteiger partial charge in [0.25, 0.3) is 0 Å². The molecule has 1 heterocycles. The van der Waals surface area contributed by atoms with E-state index >= 15 is 0 Å². The number of halogens is 1. The molecule has 3 rings (SSSR count). The summed E-state index contributed by atoms with van der Waals surface area (Å²) in [6.45, 7) is 0. The lowest BCUT2D eigenvalue weighted by molar-refractivity contribution is 0.626. The summed E-state index contributed by atoms with van der Waals surface area (Å²) < 4.78 is 15.3. The Hall–Kier alpha value is -2.08. The molecule has 0 saturated carbocycles. The van der Waals surface area contributed by atoms with Crippen LogP contribution in [0.25, 0.3) is 16.7 Å². The topological polar surface area (TPSA) is 17.8 Å². The van der Waals surface area contributed by atoms with Crippen molar-refractivity contribution in [2.45, 2.75) is 6.42 Å². The number of aromatic nitrogens is 2. The van der Waals surface area contributed by atoms with Crippen molar-refractivity contribution in [3.8, 4) is 12.3 Å². The van der Waals surface area contributed by atoms with Crippen LogP contribution in [0.3, 0.4) is 0 Å². The molecule has 0 saturated heterocycles. The molecule has 1 aliphatic rings. The van der Waals surface area contributed by atoms with Gasteiger partial charge in [0.1, 0.15) is 12.1 Å². The zero-order chi connectivity index (χ0) is 10.4. The fraction of sp³-hybridized carbons (Fsp3) is 0.0833. The van der Waals surface area contributed by atoms with Crippen LogP contribution in [-0.4, -0.2) is 9.55 Å². The van der Waals surface area contributed by atoms with E-state index in [1.54, 1.807) is 12.4 Å². The third kappa shape index (κ3) is 1.15. The first-order valence-electron chi connectivity index (χ1n) is 4.62. The Balaban J connectivity index is 2.33. The second-order valence-electron chi connectivity index (χ2n) is 3.48. The number of terminal acetylenes is 1. The van der Waals surface area contributed by atoms with Gasteiger partial charge in [-0.2, -0.15) is 0 Å². The summed E-state index contributed by atoms with van der Waals surface area (Å²) in [4.78, 5) is 4.19. The average Bonchev–Trinajstić information content (AvgIpc) is 2.99. The Morgan fingerprint density at radius 2 is 2.27 bits per heavy atom. The number of benzene rings is 1. The second kappa shape index (κ2) is 2.71. The molecule has 0 radical (unpaired) electrons. The van der Waals surface area contributed by atoms with Gasteiger partial charge in [-0.3, -0.25) is 0 Å². The molecule has 72 valence electrons. The van der Waals surface area contributed by atoms with Gasteiger partial charge in [0.05, 0.1) is 16.6 Å². The molecule has 1 aromatic heterocycles. The van der Waals surface area contributed by atoms with Crippen LogP contribution in [0.2, 0.25) is 0 Å². The number of hydrogen-bond donors (Lipinski definition) is 0. The maximum atomic E-state index is 13.5. The van der Waals surface area contributed by atoms with Gasteiger partial charge in [-0.15, -0.1) is 6.42 Å². The van der Waals surface area contributed by atoms with Crippen LogP contribution in [0.4, 0.5) is 4.39 Å². The lowest BCUT2D eigenvalue weighted by Crippen LogP contribution is -1.88. The van der Waals surface area contributed by atoms with Crippen molar-refractivity contribution >= 4 is 16.7 Å². The van der Waals surface area contributed by atoms with Gasteiger partial charge in [0.15, 0.2) is 0 Å². The number of imidazole rings is 1. The predicted octanol–water partition coefficient (Wildman–Crippen LogP) is 2.40. The van der Waals surface area contributed by atoms with Crippen LogP contribution in [-0.2, 0) is 0 Å². The highest BCUT2D eigenvalue weighted by Gasteiger charge is 2.14. The van der Waals surface area contributed by atoms with Crippen LogP contribution >= 0.6 is 0 Å². The molecule has 0 spiro atoms. The smallest absolute Gasteiger partial charge is 0.141 e. The summed E-state index contributed by atoms with van der Waals surface area (Å²) in [5, 5.41) is 0. The van der Waals surface area contributed by atoms with E-state index in [1.807, 2.05) is 4.57 Å². The van der Waals surface area contributed by atoms with E-state index in [-0.39, 0.29) is 11.4 Å². The van der Waals surface area contributed by atoms with E-state index in [1.165, 1.54) is 6.07 Å². The molecule has 0 unspecified atom stereocenters. The zero-order valence-corrected chi connectivity index (χ0v) is 7.87. The SMILES string of the molecule is C#Cc1cc2ncn(C3=CC3)c2cc1F. The molecule has 2 aromatic rings. The van der Waals surface area contributed by atoms with Gasteiger partial charge >= 0.3 is 0 Å². The molecular formula is C12H7FN2. The van der Waals surface area contributed by atoms with E-state index in [0.29, 0.717) is 0 Å². The second-order valence-corrected chi connectivity index (χ2v) is 3.48. The molecule has 0 aliphatic heterocycles. The fourth-order valence-electron chi connectivity index (χ4n) is 1.61. The van der Waals surface area contributed by atoms with E-state index in [2.05, 4.69) is 17.0 Å². The van der Waals surface area contributed by atoms with Gasteiger partial charge in [0.2, 0.25) is 0 Å². The Labute approximate surface area is 86.0 Å². The fourth-order valence-corrected chi connectivity index (χ4v) is 1.61. The van der Waals surface area contributed by atoms with Crippen LogP contribution in [0, 0.1) is 18.2 Å². The Morgan fingerprint density at radius 3 is 2.93 bits per heavy atom. The third-order valence-electron chi connectivity index (χ3n) is 2.49. The van der Waals surface area contributed by atoms with Crippen molar-refractivity contribution in [3.63, 3.8) is 0 Å². The first kappa shape index (κ1) is 8.25. The number of hydrogen-bond acceptors (Lipinski definition) is 1. The highest BCUT2D eigenvalue weighted by Crippen LogP contribution is 2.29. The number of rotatable bonds is 1. The van der Waals surface area contributed by atoms with Gasteiger partial charge in [-0.25, -0.2) is 9.37 Å². The van der Waals surface area contributed by atoms with Gasteiger partial charge in [0, 0.05) is 18.2 Å².